The van der Waals surface area contributed by atoms with Gasteiger partial charge in [-0.25, -0.2) is 0 Å². The lowest BCUT2D eigenvalue weighted by Crippen LogP contribution is -2.03. The highest BCUT2D eigenvalue weighted by molar-refractivity contribution is 5.78. The van der Waals surface area contributed by atoms with Crippen molar-refractivity contribution in [2.45, 2.75) is 65.2 Å². The number of allylic oxidation sites excluding steroid dienone is 1. The summed E-state index contributed by atoms with van der Waals surface area (Å²) in [6, 6.07) is 7.75. The molecule has 0 aliphatic rings. The van der Waals surface area contributed by atoms with Crippen LogP contribution in [0, 0.1) is 6.92 Å². The number of hydrogen-bond donors (Lipinski definition) is 2. The highest BCUT2D eigenvalue weighted by Gasteiger charge is 2.11. The fourth-order valence-electron chi connectivity index (χ4n) is 4.13. The zero-order valence-corrected chi connectivity index (χ0v) is 24.0. The minimum Gasteiger partial charge on any atom is -0.496 e. The number of rotatable bonds is 19. The van der Waals surface area contributed by atoms with Crippen molar-refractivity contribution in [3.05, 3.63) is 52.6 Å². The molecule has 0 bridgehead atoms. The Labute approximate surface area is 237 Å². The average Bonchev–Trinajstić information content (AvgIpc) is 2.92. The average molecular weight is 555 g/mol. The van der Waals surface area contributed by atoms with Crippen molar-refractivity contribution >= 4 is 30.2 Å². The molecular formula is C32H42O8. The first-order chi connectivity index (χ1) is 19.3. The first-order valence-electron chi connectivity index (χ1n) is 13.7. The van der Waals surface area contributed by atoms with Crippen LogP contribution in [0.15, 0.2) is 30.3 Å². The summed E-state index contributed by atoms with van der Waals surface area (Å²) in [5.74, 6) is 1.31. The van der Waals surface area contributed by atoms with E-state index in [1.54, 1.807) is 14.2 Å². The number of aliphatic carboxylic acids is 2. The van der Waals surface area contributed by atoms with Crippen LogP contribution in [-0.2, 0) is 9.59 Å². The number of carbonyl (C=O) groups is 2. The molecule has 0 saturated carbocycles. The Morgan fingerprint density at radius 2 is 1.10 bits per heavy atom. The van der Waals surface area contributed by atoms with Gasteiger partial charge in [0.1, 0.15) is 23.0 Å². The predicted octanol–water partition coefficient (Wildman–Crippen LogP) is 7.26. The third-order valence-electron chi connectivity index (χ3n) is 6.26. The minimum atomic E-state index is -0.785. The van der Waals surface area contributed by atoms with Crippen LogP contribution in [0.25, 0.3) is 18.2 Å². The molecule has 0 saturated heterocycles. The quantitative estimate of drug-likeness (QED) is 0.138. The summed E-state index contributed by atoms with van der Waals surface area (Å²) < 4.78 is 23.4. The number of unbranched alkanes of at least 4 members (excludes halogenated alkanes) is 4. The minimum absolute atomic E-state index is 0.160. The third-order valence-corrected chi connectivity index (χ3v) is 6.26. The van der Waals surface area contributed by atoms with Gasteiger partial charge in [0, 0.05) is 29.5 Å². The van der Waals surface area contributed by atoms with E-state index in [1.165, 1.54) is 0 Å². The van der Waals surface area contributed by atoms with Gasteiger partial charge >= 0.3 is 11.9 Å². The molecule has 2 rings (SSSR count). The summed E-state index contributed by atoms with van der Waals surface area (Å²) in [6.07, 6.45) is 12.4. The van der Waals surface area contributed by atoms with Crippen LogP contribution in [0.1, 0.15) is 80.5 Å². The molecule has 0 atom stereocenters. The van der Waals surface area contributed by atoms with Gasteiger partial charge in [0.15, 0.2) is 0 Å². The van der Waals surface area contributed by atoms with Crippen molar-refractivity contribution in [1.82, 2.24) is 0 Å². The van der Waals surface area contributed by atoms with Crippen LogP contribution in [0.2, 0.25) is 0 Å². The summed E-state index contributed by atoms with van der Waals surface area (Å²) >= 11 is 0. The molecular weight excluding hydrogens is 512 g/mol. The Bertz CT molecular complexity index is 1170. The van der Waals surface area contributed by atoms with Gasteiger partial charge in [-0.15, -0.1) is 0 Å². The van der Waals surface area contributed by atoms with Crippen molar-refractivity contribution in [2.24, 2.45) is 0 Å². The molecule has 0 radical (unpaired) electrons. The molecule has 0 aliphatic heterocycles. The summed E-state index contributed by atoms with van der Waals surface area (Å²) in [5, 5.41) is 17.6. The fourth-order valence-corrected chi connectivity index (χ4v) is 4.13. The molecule has 2 N–H and O–H groups in total. The summed E-state index contributed by atoms with van der Waals surface area (Å²) in [4.78, 5) is 21.5. The van der Waals surface area contributed by atoms with E-state index in [4.69, 9.17) is 29.2 Å². The van der Waals surface area contributed by atoms with Gasteiger partial charge in [-0.05, 0) is 82.2 Å². The second-order valence-corrected chi connectivity index (χ2v) is 9.43. The maximum absolute atomic E-state index is 10.8. The molecule has 0 fully saturated rings. The maximum Gasteiger partial charge on any atom is 0.303 e. The molecule has 40 heavy (non-hydrogen) atoms. The molecule has 0 spiro atoms. The van der Waals surface area contributed by atoms with Gasteiger partial charge in [0.2, 0.25) is 0 Å². The lowest BCUT2D eigenvalue weighted by atomic mass is 10.0. The molecule has 0 aliphatic carbocycles. The van der Waals surface area contributed by atoms with Gasteiger partial charge in [-0.2, -0.15) is 0 Å². The van der Waals surface area contributed by atoms with E-state index in [0.717, 1.165) is 59.4 Å². The SMILES string of the molecule is C/C=C/c1cc(OC)c(/C=C/c2cc(OCCCCCC(=O)O)c(C)cc2OCCCCCC(=O)O)cc1OC. The molecule has 0 heterocycles. The number of benzene rings is 2. The first kappa shape index (κ1) is 32.3. The van der Waals surface area contributed by atoms with Crippen LogP contribution in [-0.4, -0.2) is 49.6 Å². The van der Waals surface area contributed by atoms with E-state index in [2.05, 4.69) is 0 Å². The molecule has 0 unspecified atom stereocenters. The molecule has 2 aromatic carbocycles. The predicted molar refractivity (Wildman–Crippen MR) is 158 cm³/mol. The Morgan fingerprint density at radius 1 is 0.650 bits per heavy atom. The number of hydrogen-bond acceptors (Lipinski definition) is 6. The van der Waals surface area contributed by atoms with Gasteiger partial charge in [-0.1, -0.05) is 24.3 Å². The zero-order chi connectivity index (χ0) is 29.3. The van der Waals surface area contributed by atoms with Crippen LogP contribution in [0.5, 0.6) is 23.0 Å². The van der Waals surface area contributed by atoms with E-state index in [9.17, 15) is 9.59 Å². The summed E-state index contributed by atoms with van der Waals surface area (Å²) in [5.41, 5.74) is 3.52. The van der Waals surface area contributed by atoms with Crippen molar-refractivity contribution in [3.8, 4) is 23.0 Å². The molecule has 218 valence electrons. The van der Waals surface area contributed by atoms with E-state index in [1.807, 2.05) is 62.4 Å². The number of ether oxygens (including phenoxy) is 4. The number of aryl methyl sites for hydroxylation is 1. The Kier molecular flexibility index (Phi) is 14.2. The topological polar surface area (TPSA) is 112 Å². The van der Waals surface area contributed by atoms with Gasteiger partial charge < -0.3 is 29.2 Å². The highest BCUT2D eigenvalue weighted by atomic mass is 16.5. The fraction of sp³-hybridized carbons (Fsp3) is 0.438. The molecule has 8 heteroatoms. The monoisotopic (exact) mass is 554 g/mol. The highest BCUT2D eigenvalue weighted by Crippen LogP contribution is 2.34. The lowest BCUT2D eigenvalue weighted by molar-refractivity contribution is -0.138. The zero-order valence-electron chi connectivity index (χ0n) is 24.0. The number of methoxy groups -OCH3 is 2. The van der Waals surface area contributed by atoms with Gasteiger partial charge in [0.05, 0.1) is 27.4 Å². The second kappa shape index (κ2) is 17.6. The Morgan fingerprint density at radius 3 is 1.57 bits per heavy atom. The standard InChI is InChI=1S/C32H42O8/c1-5-12-24-21-29(38-4)25(22-28(24)37-3)15-16-26-20-27(39-17-10-6-8-13-31(33)34)23(2)19-30(26)40-18-11-7-9-14-32(35)36/h5,12,15-16,19-22H,6-11,13-14,17-18H2,1-4H3,(H,33,34)(H,35,36)/b12-5+,16-15+. The maximum atomic E-state index is 10.8. The molecule has 0 amide bonds. The third kappa shape index (κ3) is 11.0. The number of carboxylic acids is 2. The Balaban J connectivity index is 2.26. The molecule has 2 aromatic rings. The van der Waals surface area contributed by atoms with Crippen molar-refractivity contribution < 1.29 is 38.7 Å². The normalized spacial score (nSPS) is 11.2. The summed E-state index contributed by atoms with van der Waals surface area (Å²) in [6.45, 7) is 4.87. The van der Waals surface area contributed by atoms with E-state index in [-0.39, 0.29) is 12.8 Å². The van der Waals surface area contributed by atoms with Crippen molar-refractivity contribution in [1.29, 1.82) is 0 Å². The summed E-state index contributed by atoms with van der Waals surface area (Å²) in [7, 11) is 3.27. The van der Waals surface area contributed by atoms with Crippen molar-refractivity contribution in [3.63, 3.8) is 0 Å². The van der Waals surface area contributed by atoms with Gasteiger partial charge in [0.25, 0.3) is 0 Å². The van der Waals surface area contributed by atoms with Gasteiger partial charge in [-0.3, -0.25) is 9.59 Å². The second-order valence-electron chi connectivity index (χ2n) is 9.43. The van der Waals surface area contributed by atoms with E-state index >= 15 is 0 Å². The van der Waals surface area contributed by atoms with Crippen LogP contribution in [0.3, 0.4) is 0 Å². The van der Waals surface area contributed by atoms with E-state index in [0.29, 0.717) is 37.6 Å². The molecule has 0 aromatic heterocycles. The largest absolute Gasteiger partial charge is 0.496 e. The van der Waals surface area contributed by atoms with Crippen LogP contribution >= 0.6 is 0 Å². The van der Waals surface area contributed by atoms with Crippen LogP contribution < -0.4 is 18.9 Å². The van der Waals surface area contributed by atoms with E-state index < -0.39 is 11.9 Å². The van der Waals surface area contributed by atoms with Crippen LogP contribution in [0.4, 0.5) is 0 Å². The Hall–Kier alpha value is -3.94. The first-order valence-corrected chi connectivity index (χ1v) is 13.7. The van der Waals surface area contributed by atoms with Crippen molar-refractivity contribution in [2.75, 3.05) is 27.4 Å². The lowest BCUT2D eigenvalue weighted by Gasteiger charge is -2.15. The smallest absolute Gasteiger partial charge is 0.303 e. The number of carboxylic acid groups (broad SMARTS) is 2. The molecule has 8 nitrogen and oxygen atoms in total.